The van der Waals surface area contributed by atoms with Crippen LogP contribution in [-0.2, 0) is 4.79 Å². The van der Waals surface area contributed by atoms with Gasteiger partial charge < -0.3 is 10.8 Å². The lowest BCUT2D eigenvalue weighted by Gasteiger charge is -2.37. The molecule has 0 aromatic heterocycles. The minimum absolute atomic E-state index is 0.00723. The highest BCUT2D eigenvalue weighted by molar-refractivity contribution is 5.83. The quantitative estimate of drug-likeness (QED) is 0.771. The molecule has 1 aliphatic rings. The molecule has 26 heavy (non-hydrogen) atoms. The molecule has 1 aliphatic carbocycles. The van der Waals surface area contributed by atoms with Gasteiger partial charge in [0, 0.05) is 6.04 Å². The predicted molar refractivity (Wildman–Crippen MR) is 86.6 cm³/mol. The van der Waals surface area contributed by atoms with Crippen molar-refractivity contribution in [2.24, 2.45) is 11.7 Å². The topological polar surface area (TPSA) is 63.3 Å². The van der Waals surface area contributed by atoms with Crippen molar-refractivity contribution in [3.63, 3.8) is 0 Å². The average molecular weight is 375 g/mol. The average Bonchev–Trinajstić information content (AvgIpc) is 2.45. The molecule has 0 heterocycles. The maximum absolute atomic E-state index is 14.7. The molecule has 2 atom stereocenters. The number of alkyl halides is 5. The number of hydrogen-bond acceptors (Lipinski definition) is 2. The Bertz CT molecular complexity index is 780. The van der Waals surface area contributed by atoms with E-state index in [0.717, 1.165) is 13.0 Å². The number of carboxylic acid groups (broad SMARTS) is 1. The second kappa shape index (κ2) is 6.83. The van der Waals surface area contributed by atoms with Gasteiger partial charge >= 0.3 is 12.1 Å². The fourth-order valence-corrected chi connectivity index (χ4v) is 3.25. The van der Waals surface area contributed by atoms with E-state index in [1.807, 2.05) is 0 Å². The highest BCUT2D eigenvalue weighted by atomic mass is 19.4. The monoisotopic (exact) mass is 375 g/mol. The summed E-state index contributed by atoms with van der Waals surface area (Å²) < 4.78 is 69.7. The van der Waals surface area contributed by atoms with E-state index >= 15 is 0 Å². The maximum Gasteiger partial charge on any atom is 0.418 e. The van der Waals surface area contributed by atoms with Gasteiger partial charge in [-0.2, -0.15) is 13.2 Å². The van der Waals surface area contributed by atoms with E-state index in [1.54, 1.807) is 25.1 Å². The van der Waals surface area contributed by atoms with Crippen LogP contribution in [0.4, 0.5) is 22.0 Å². The van der Waals surface area contributed by atoms with E-state index in [2.05, 4.69) is 0 Å². The third kappa shape index (κ3) is 3.65. The van der Waals surface area contributed by atoms with Crippen LogP contribution in [0.5, 0.6) is 0 Å². The zero-order valence-electron chi connectivity index (χ0n) is 14.1. The molecule has 8 heteroatoms. The smallest absolute Gasteiger partial charge is 0.418 e. The van der Waals surface area contributed by atoms with Crippen molar-refractivity contribution in [3.8, 4) is 0 Å². The number of carbonyl (C=O) groups is 1. The van der Waals surface area contributed by atoms with Crippen LogP contribution < -0.4 is 5.73 Å². The molecule has 2 unspecified atom stereocenters. The van der Waals surface area contributed by atoms with Gasteiger partial charge in [0.15, 0.2) is 0 Å². The molecule has 0 saturated carbocycles. The summed E-state index contributed by atoms with van der Waals surface area (Å²) in [5, 5.41) is 8.81. The van der Waals surface area contributed by atoms with Crippen molar-refractivity contribution in [3.05, 3.63) is 52.6 Å². The van der Waals surface area contributed by atoms with Gasteiger partial charge in [0.25, 0.3) is 5.92 Å². The summed E-state index contributed by atoms with van der Waals surface area (Å²) in [7, 11) is 0. The van der Waals surface area contributed by atoms with E-state index in [4.69, 9.17) is 10.8 Å². The highest BCUT2D eigenvalue weighted by Crippen LogP contribution is 2.51. The molecule has 142 valence electrons. The summed E-state index contributed by atoms with van der Waals surface area (Å²) in [4.78, 5) is 10.8. The fourth-order valence-electron chi connectivity index (χ4n) is 3.25. The van der Waals surface area contributed by atoms with Crippen LogP contribution in [0.1, 0.15) is 24.5 Å². The molecular weight excluding hydrogens is 357 g/mol. The molecular formula is C18H18F5NO2. The van der Waals surface area contributed by atoms with Crippen LogP contribution in [-0.4, -0.2) is 29.2 Å². The maximum atomic E-state index is 14.7. The molecule has 0 spiro atoms. The van der Waals surface area contributed by atoms with Crippen LogP contribution in [0.25, 0.3) is 5.57 Å². The lowest BCUT2D eigenvalue weighted by molar-refractivity contribution is -0.145. The van der Waals surface area contributed by atoms with Gasteiger partial charge in [0.1, 0.15) is 5.57 Å². The Morgan fingerprint density at radius 3 is 2.35 bits per heavy atom. The molecule has 0 amide bonds. The molecule has 1 aromatic rings. The first kappa shape index (κ1) is 20.1. The lowest BCUT2D eigenvalue weighted by atomic mass is 9.75. The number of aryl methyl sites for hydroxylation is 1. The second-order valence-electron chi connectivity index (χ2n) is 6.30. The summed E-state index contributed by atoms with van der Waals surface area (Å²) in [6.45, 7) is 2.64. The van der Waals surface area contributed by atoms with E-state index in [-0.39, 0.29) is 5.57 Å². The van der Waals surface area contributed by atoms with Gasteiger partial charge in [-0.3, -0.25) is 4.79 Å². The number of aliphatic carboxylic acids is 1. The van der Waals surface area contributed by atoms with Crippen LogP contribution in [0.15, 0.2) is 41.5 Å². The Morgan fingerprint density at radius 1 is 1.27 bits per heavy atom. The standard InChI is InChI=1S/C18H18F5NO2/c1-9-5-3-4-6-11(9)12-7-13(14(24)8-15(25)26)17(19,20)16(10(12)2)18(21,22)23/h3-7,13-14H,8,24H2,1-2H3,(H,25,26). The zero-order chi connectivity index (χ0) is 19.9. The van der Waals surface area contributed by atoms with E-state index in [0.29, 0.717) is 11.1 Å². The number of allylic oxidation sites excluding steroid dienone is 3. The van der Waals surface area contributed by atoms with E-state index < -0.39 is 47.6 Å². The first-order chi connectivity index (χ1) is 11.9. The van der Waals surface area contributed by atoms with Gasteiger partial charge in [-0.25, -0.2) is 8.78 Å². The number of halogens is 5. The number of carboxylic acids is 1. The summed E-state index contributed by atoms with van der Waals surface area (Å²) in [5.41, 5.74) is 3.97. The Labute approximate surface area is 147 Å². The van der Waals surface area contributed by atoms with E-state index in [1.165, 1.54) is 6.07 Å². The summed E-state index contributed by atoms with van der Waals surface area (Å²) >= 11 is 0. The molecule has 2 rings (SSSR count). The summed E-state index contributed by atoms with van der Waals surface area (Å²) in [5.74, 6) is -7.88. The van der Waals surface area contributed by atoms with Gasteiger partial charge in [-0.1, -0.05) is 30.3 Å². The lowest BCUT2D eigenvalue weighted by Crippen LogP contribution is -2.48. The third-order valence-corrected chi connectivity index (χ3v) is 4.47. The third-order valence-electron chi connectivity index (χ3n) is 4.47. The summed E-state index contributed by atoms with van der Waals surface area (Å²) in [6.07, 6.45) is -5.18. The van der Waals surface area contributed by atoms with Crippen molar-refractivity contribution in [2.45, 2.75) is 38.4 Å². The molecule has 1 aromatic carbocycles. The van der Waals surface area contributed by atoms with Crippen molar-refractivity contribution in [1.29, 1.82) is 0 Å². The Hall–Kier alpha value is -2.22. The predicted octanol–water partition coefficient (Wildman–Crippen LogP) is 4.32. The SMILES string of the molecule is CC1=C(C(F)(F)F)C(F)(F)C(C(N)CC(=O)O)C=C1c1ccccc1C. The van der Waals surface area contributed by atoms with Crippen LogP contribution >= 0.6 is 0 Å². The largest absolute Gasteiger partial charge is 0.481 e. The minimum atomic E-state index is -5.28. The minimum Gasteiger partial charge on any atom is -0.481 e. The van der Waals surface area contributed by atoms with Crippen LogP contribution in [0, 0.1) is 12.8 Å². The van der Waals surface area contributed by atoms with Crippen LogP contribution in [0.3, 0.4) is 0 Å². The van der Waals surface area contributed by atoms with Gasteiger partial charge in [0.2, 0.25) is 0 Å². The fraction of sp³-hybridized carbons (Fsp3) is 0.389. The molecule has 0 bridgehead atoms. The van der Waals surface area contributed by atoms with Crippen molar-refractivity contribution < 1.29 is 31.9 Å². The molecule has 0 saturated heterocycles. The van der Waals surface area contributed by atoms with Crippen molar-refractivity contribution in [1.82, 2.24) is 0 Å². The van der Waals surface area contributed by atoms with Crippen LogP contribution in [0.2, 0.25) is 0 Å². The molecule has 3 nitrogen and oxygen atoms in total. The second-order valence-corrected chi connectivity index (χ2v) is 6.30. The van der Waals surface area contributed by atoms with Gasteiger partial charge in [-0.15, -0.1) is 0 Å². The molecule has 0 fully saturated rings. The number of nitrogens with two attached hydrogens (primary N) is 1. The first-order valence-corrected chi connectivity index (χ1v) is 7.79. The summed E-state index contributed by atoms with van der Waals surface area (Å²) in [6, 6.07) is 4.76. The number of hydrogen-bond donors (Lipinski definition) is 2. The highest BCUT2D eigenvalue weighted by Gasteiger charge is 2.58. The Morgan fingerprint density at radius 2 is 1.85 bits per heavy atom. The van der Waals surface area contributed by atoms with Crippen molar-refractivity contribution >= 4 is 11.5 Å². The van der Waals surface area contributed by atoms with Gasteiger partial charge in [0.05, 0.1) is 12.3 Å². The zero-order valence-corrected chi connectivity index (χ0v) is 14.1. The number of rotatable bonds is 4. The molecule has 0 aliphatic heterocycles. The Kier molecular flexibility index (Phi) is 5.28. The van der Waals surface area contributed by atoms with E-state index in [9.17, 15) is 26.7 Å². The van der Waals surface area contributed by atoms with Gasteiger partial charge in [-0.05, 0) is 36.1 Å². The Balaban J connectivity index is 2.72. The normalized spacial score (nSPS) is 21.4. The first-order valence-electron chi connectivity index (χ1n) is 7.79. The number of benzene rings is 1. The molecule has 0 radical (unpaired) electrons. The molecule has 3 N–H and O–H groups in total. The van der Waals surface area contributed by atoms with Crippen molar-refractivity contribution in [2.75, 3.05) is 0 Å².